The second kappa shape index (κ2) is 9.25. The molecule has 1 rings (SSSR count). The van der Waals surface area contributed by atoms with E-state index in [2.05, 4.69) is 19.2 Å². The Morgan fingerprint density at radius 3 is 2.13 bits per heavy atom. The van der Waals surface area contributed by atoms with Crippen molar-refractivity contribution in [1.29, 1.82) is 0 Å². The molecule has 2 heteroatoms. The zero-order valence-corrected chi connectivity index (χ0v) is 9.92. The van der Waals surface area contributed by atoms with E-state index in [-0.39, 0.29) is 5.91 Å². The van der Waals surface area contributed by atoms with E-state index in [9.17, 15) is 4.79 Å². The smallest absolute Gasteiger partial charge is 0.219 e. The fourth-order valence-corrected chi connectivity index (χ4v) is 0.922. The third-order valence-electron chi connectivity index (χ3n) is 1.65. The Morgan fingerprint density at radius 1 is 1.13 bits per heavy atom. The average molecular weight is 207 g/mol. The highest BCUT2D eigenvalue weighted by molar-refractivity contribution is 5.75. The van der Waals surface area contributed by atoms with Crippen LogP contribution in [0.25, 0.3) is 0 Å². The maximum atomic E-state index is 10.9. The minimum absolute atomic E-state index is 0.0962. The lowest BCUT2D eigenvalue weighted by Crippen LogP contribution is -2.21. The van der Waals surface area contributed by atoms with Gasteiger partial charge in [0, 0.05) is 13.0 Å². The molecule has 15 heavy (non-hydrogen) atoms. The number of benzene rings is 1. The molecular formula is C13H21NO. The highest BCUT2D eigenvalue weighted by Crippen LogP contribution is 1.96. The van der Waals surface area contributed by atoms with Gasteiger partial charge in [0.15, 0.2) is 0 Å². The lowest BCUT2D eigenvalue weighted by Gasteiger charge is -2.02. The summed E-state index contributed by atoms with van der Waals surface area (Å²) in [5.74, 6) is 0.0962. The molecule has 0 saturated heterocycles. The molecule has 0 heterocycles. The van der Waals surface area contributed by atoms with Crippen LogP contribution in [0.3, 0.4) is 0 Å². The van der Waals surface area contributed by atoms with Gasteiger partial charge in [0.25, 0.3) is 0 Å². The Bertz CT molecular complexity index is 256. The number of amides is 1. The number of hydrogen-bond donors (Lipinski definition) is 1. The second-order valence-corrected chi connectivity index (χ2v) is 3.32. The molecule has 0 spiro atoms. The van der Waals surface area contributed by atoms with E-state index in [1.807, 2.05) is 37.3 Å². The second-order valence-electron chi connectivity index (χ2n) is 3.32. The van der Waals surface area contributed by atoms with Crippen molar-refractivity contribution in [2.24, 2.45) is 0 Å². The summed E-state index contributed by atoms with van der Waals surface area (Å²) in [5, 5.41) is 2.81. The monoisotopic (exact) mass is 207 g/mol. The van der Waals surface area contributed by atoms with E-state index in [4.69, 9.17) is 0 Å². The molecular weight excluding hydrogens is 186 g/mol. The van der Waals surface area contributed by atoms with Crippen molar-refractivity contribution in [3.05, 3.63) is 35.9 Å². The fraction of sp³-hybridized carbons (Fsp3) is 0.462. The number of hydrogen-bond acceptors (Lipinski definition) is 1. The highest BCUT2D eigenvalue weighted by Gasteiger charge is 1.95. The molecule has 0 unspecified atom stereocenters. The zero-order chi connectivity index (χ0) is 11.5. The summed E-state index contributed by atoms with van der Waals surface area (Å²) in [7, 11) is 0. The number of nitrogens with one attached hydrogen (secondary N) is 1. The van der Waals surface area contributed by atoms with Gasteiger partial charge in [-0.25, -0.2) is 0 Å². The summed E-state index contributed by atoms with van der Waals surface area (Å²) in [4.78, 5) is 10.9. The Balaban J connectivity index is 0.000000583. The zero-order valence-electron chi connectivity index (χ0n) is 9.92. The topological polar surface area (TPSA) is 29.1 Å². The van der Waals surface area contributed by atoms with Crippen molar-refractivity contribution >= 4 is 5.91 Å². The van der Waals surface area contributed by atoms with Gasteiger partial charge in [0.2, 0.25) is 5.91 Å². The number of carbonyl (C=O) groups is 1. The highest BCUT2D eigenvalue weighted by atomic mass is 16.1. The standard InChI is InChI=1S/C10H13NO.C3H8/c1-2-10(12)11-8-9-6-4-3-5-7-9;1-3-2/h3-7H,2,8H2,1H3,(H,11,12);3H2,1-2H3. The van der Waals surface area contributed by atoms with Gasteiger partial charge in [-0.1, -0.05) is 57.5 Å². The van der Waals surface area contributed by atoms with Crippen molar-refractivity contribution < 1.29 is 4.79 Å². The molecule has 0 atom stereocenters. The van der Waals surface area contributed by atoms with Gasteiger partial charge in [-0.05, 0) is 5.56 Å². The first-order valence-electron chi connectivity index (χ1n) is 5.55. The largest absolute Gasteiger partial charge is 0.352 e. The molecule has 0 aliphatic carbocycles. The summed E-state index contributed by atoms with van der Waals surface area (Å²) >= 11 is 0. The molecule has 0 saturated carbocycles. The third kappa shape index (κ3) is 7.74. The molecule has 1 amide bonds. The summed E-state index contributed by atoms with van der Waals surface area (Å²) in [6, 6.07) is 9.89. The van der Waals surface area contributed by atoms with E-state index >= 15 is 0 Å². The van der Waals surface area contributed by atoms with Crippen LogP contribution in [-0.4, -0.2) is 5.91 Å². The van der Waals surface area contributed by atoms with E-state index in [1.54, 1.807) is 0 Å². The molecule has 1 aromatic rings. The van der Waals surface area contributed by atoms with Gasteiger partial charge in [-0.2, -0.15) is 0 Å². The van der Waals surface area contributed by atoms with Crippen molar-refractivity contribution in [2.75, 3.05) is 0 Å². The maximum Gasteiger partial charge on any atom is 0.219 e. The molecule has 0 bridgehead atoms. The van der Waals surface area contributed by atoms with Crippen molar-refractivity contribution in [1.82, 2.24) is 5.32 Å². The normalized spacial score (nSPS) is 8.73. The van der Waals surface area contributed by atoms with Crippen LogP contribution in [-0.2, 0) is 11.3 Å². The Kier molecular flexibility index (Phi) is 8.44. The predicted molar refractivity (Wildman–Crippen MR) is 64.5 cm³/mol. The Labute approximate surface area is 92.7 Å². The molecule has 1 aromatic carbocycles. The number of carbonyl (C=O) groups excluding carboxylic acids is 1. The first-order chi connectivity index (χ1) is 7.24. The van der Waals surface area contributed by atoms with Gasteiger partial charge in [0.05, 0.1) is 0 Å². The molecule has 0 aromatic heterocycles. The van der Waals surface area contributed by atoms with Gasteiger partial charge >= 0.3 is 0 Å². The van der Waals surface area contributed by atoms with Gasteiger partial charge in [-0.15, -0.1) is 0 Å². The van der Waals surface area contributed by atoms with Crippen LogP contribution in [0, 0.1) is 0 Å². The van der Waals surface area contributed by atoms with E-state index < -0.39 is 0 Å². The van der Waals surface area contributed by atoms with Crippen LogP contribution < -0.4 is 5.32 Å². The lowest BCUT2D eigenvalue weighted by molar-refractivity contribution is -0.120. The summed E-state index contributed by atoms with van der Waals surface area (Å²) in [6.07, 6.45) is 1.80. The van der Waals surface area contributed by atoms with Crippen LogP contribution in [0.15, 0.2) is 30.3 Å². The molecule has 0 fully saturated rings. The van der Waals surface area contributed by atoms with Crippen molar-refractivity contribution in [3.8, 4) is 0 Å². The minimum atomic E-state index is 0.0962. The van der Waals surface area contributed by atoms with Gasteiger partial charge in [0.1, 0.15) is 0 Å². The van der Waals surface area contributed by atoms with Crippen LogP contribution in [0.4, 0.5) is 0 Å². The quantitative estimate of drug-likeness (QED) is 0.810. The fourth-order valence-electron chi connectivity index (χ4n) is 0.922. The van der Waals surface area contributed by atoms with Crippen molar-refractivity contribution in [3.63, 3.8) is 0 Å². The Morgan fingerprint density at radius 2 is 1.67 bits per heavy atom. The summed E-state index contributed by atoms with van der Waals surface area (Å²) in [6.45, 7) is 6.73. The summed E-state index contributed by atoms with van der Waals surface area (Å²) < 4.78 is 0. The van der Waals surface area contributed by atoms with Crippen LogP contribution in [0.1, 0.15) is 39.2 Å². The molecule has 0 aliphatic heterocycles. The minimum Gasteiger partial charge on any atom is -0.352 e. The summed E-state index contributed by atoms with van der Waals surface area (Å²) in [5.41, 5.74) is 1.14. The molecule has 1 N–H and O–H groups in total. The van der Waals surface area contributed by atoms with Crippen LogP contribution in [0.5, 0.6) is 0 Å². The SMILES string of the molecule is CCC.CCC(=O)NCc1ccccc1. The molecule has 84 valence electrons. The molecule has 0 aliphatic rings. The van der Waals surface area contributed by atoms with E-state index in [1.165, 1.54) is 6.42 Å². The maximum absolute atomic E-state index is 10.9. The lowest BCUT2D eigenvalue weighted by atomic mass is 10.2. The number of rotatable bonds is 3. The van der Waals surface area contributed by atoms with Gasteiger partial charge < -0.3 is 5.32 Å². The van der Waals surface area contributed by atoms with Crippen molar-refractivity contribution in [2.45, 2.75) is 40.2 Å². The Hall–Kier alpha value is -1.31. The molecule has 2 nitrogen and oxygen atoms in total. The first kappa shape index (κ1) is 13.7. The van der Waals surface area contributed by atoms with E-state index in [0.29, 0.717) is 13.0 Å². The van der Waals surface area contributed by atoms with Crippen LogP contribution in [0.2, 0.25) is 0 Å². The molecule has 0 radical (unpaired) electrons. The third-order valence-corrected chi connectivity index (χ3v) is 1.65. The van der Waals surface area contributed by atoms with Gasteiger partial charge in [-0.3, -0.25) is 4.79 Å². The average Bonchev–Trinajstić information content (AvgIpc) is 2.28. The first-order valence-corrected chi connectivity index (χ1v) is 5.55. The predicted octanol–water partition coefficient (Wildman–Crippen LogP) is 3.13. The van der Waals surface area contributed by atoms with Crippen LogP contribution >= 0.6 is 0 Å². The van der Waals surface area contributed by atoms with E-state index in [0.717, 1.165) is 5.56 Å².